The number of hydrogen-bond donors (Lipinski definition) is 1. The van der Waals surface area contributed by atoms with Gasteiger partial charge in [-0.05, 0) is 41.5 Å². The number of pyridine rings is 1. The van der Waals surface area contributed by atoms with Gasteiger partial charge >= 0.3 is 6.36 Å². The highest BCUT2D eigenvalue weighted by Gasteiger charge is 2.31. The summed E-state index contributed by atoms with van der Waals surface area (Å²) in [6.07, 6.45) is -1.27. The van der Waals surface area contributed by atoms with E-state index in [1.807, 2.05) is 42.5 Å². The number of halogens is 3. The summed E-state index contributed by atoms with van der Waals surface area (Å²) in [5, 5.41) is 9.01. The van der Waals surface area contributed by atoms with Crippen molar-refractivity contribution in [2.45, 2.75) is 12.3 Å². The van der Waals surface area contributed by atoms with Gasteiger partial charge in [-0.1, -0.05) is 36.4 Å². The van der Waals surface area contributed by atoms with Crippen LogP contribution in [0, 0.1) is 0 Å². The lowest BCUT2D eigenvalue weighted by molar-refractivity contribution is -0.274. The molecule has 0 fully saturated rings. The van der Waals surface area contributed by atoms with Gasteiger partial charge in [-0.15, -0.1) is 13.2 Å². The van der Waals surface area contributed by atoms with E-state index in [0.717, 1.165) is 29.0 Å². The first-order chi connectivity index (χ1) is 15.4. The molecule has 1 unspecified atom stereocenters. The average Bonchev–Trinajstić information content (AvgIpc) is 3.19. The average molecular weight is 440 g/mol. The molecule has 4 rings (SSSR count). The SMILES string of the molecule is O=C(CN1CC(c2cccnc2)C(c2ccccc2)=N1)Nc1ccc(OC(F)(F)F)cc1. The van der Waals surface area contributed by atoms with Gasteiger partial charge in [0.05, 0.1) is 5.71 Å². The molecule has 1 atom stereocenters. The largest absolute Gasteiger partial charge is 0.573 e. The maximum atomic E-state index is 12.5. The smallest absolute Gasteiger partial charge is 0.406 e. The fraction of sp³-hybridized carbons (Fsp3) is 0.174. The molecule has 6 nitrogen and oxygen atoms in total. The Kier molecular flexibility index (Phi) is 6.07. The van der Waals surface area contributed by atoms with Crippen molar-refractivity contribution in [2.75, 3.05) is 18.4 Å². The number of carbonyl (C=O) groups is 1. The lowest BCUT2D eigenvalue weighted by Crippen LogP contribution is -2.29. The molecule has 0 saturated carbocycles. The Hall–Kier alpha value is -3.88. The van der Waals surface area contributed by atoms with Crippen LogP contribution in [-0.4, -0.2) is 41.1 Å². The van der Waals surface area contributed by atoms with E-state index in [-0.39, 0.29) is 24.1 Å². The maximum absolute atomic E-state index is 12.5. The summed E-state index contributed by atoms with van der Waals surface area (Å²) in [7, 11) is 0. The van der Waals surface area contributed by atoms with Gasteiger partial charge in [-0.2, -0.15) is 5.10 Å². The van der Waals surface area contributed by atoms with Crippen LogP contribution in [0.15, 0.2) is 84.2 Å². The second kappa shape index (κ2) is 9.09. The van der Waals surface area contributed by atoms with Gasteiger partial charge in [-0.25, -0.2) is 0 Å². The van der Waals surface area contributed by atoms with E-state index in [1.54, 1.807) is 17.4 Å². The predicted molar refractivity (Wildman–Crippen MR) is 113 cm³/mol. The number of benzene rings is 2. The van der Waals surface area contributed by atoms with Crippen LogP contribution < -0.4 is 10.1 Å². The molecule has 2 aromatic carbocycles. The number of hydrazone groups is 1. The molecule has 0 bridgehead atoms. The van der Waals surface area contributed by atoms with E-state index >= 15 is 0 Å². The third-order valence-electron chi connectivity index (χ3n) is 4.83. The standard InChI is InChI=1S/C23H19F3N4O2/c24-23(25,26)32-19-10-8-18(9-11-19)28-21(31)15-30-14-20(17-7-4-12-27-13-17)22(29-30)16-5-2-1-3-6-16/h1-13,20H,14-15H2,(H,28,31). The van der Waals surface area contributed by atoms with Crippen LogP contribution in [0.1, 0.15) is 17.0 Å². The Labute approximate surface area is 182 Å². The zero-order valence-electron chi connectivity index (χ0n) is 16.8. The Morgan fingerprint density at radius 3 is 2.47 bits per heavy atom. The summed E-state index contributed by atoms with van der Waals surface area (Å²) in [6, 6.07) is 18.5. The highest BCUT2D eigenvalue weighted by molar-refractivity contribution is 6.06. The van der Waals surface area contributed by atoms with Crippen molar-refractivity contribution in [1.82, 2.24) is 9.99 Å². The van der Waals surface area contributed by atoms with Crippen molar-refractivity contribution in [2.24, 2.45) is 5.10 Å². The summed E-state index contributed by atoms with van der Waals surface area (Å²) in [4.78, 5) is 16.7. The highest BCUT2D eigenvalue weighted by Crippen LogP contribution is 2.28. The van der Waals surface area contributed by atoms with Crippen LogP contribution in [0.5, 0.6) is 5.75 Å². The van der Waals surface area contributed by atoms with Crippen molar-refractivity contribution in [3.8, 4) is 5.75 Å². The lowest BCUT2D eigenvalue weighted by atomic mass is 9.92. The molecule has 0 spiro atoms. The Balaban J connectivity index is 1.44. The molecule has 164 valence electrons. The van der Waals surface area contributed by atoms with Gasteiger partial charge in [0.2, 0.25) is 5.91 Å². The molecule has 1 N–H and O–H groups in total. The molecule has 0 aliphatic carbocycles. The topological polar surface area (TPSA) is 66.8 Å². The zero-order chi connectivity index (χ0) is 22.6. The molecule has 1 aliphatic rings. The first-order valence-corrected chi connectivity index (χ1v) is 9.82. The van der Waals surface area contributed by atoms with Crippen molar-refractivity contribution in [1.29, 1.82) is 0 Å². The van der Waals surface area contributed by atoms with Gasteiger partial charge in [0.15, 0.2) is 0 Å². The van der Waals surface area contributed by atoms with Gasteiger partial charge in [-0.3, -0.25) is 14.8 Å². The second-order valence-corrected chi connectivity index (χ2v) is 7.16. The molecule has 1 aliphatic heterocycles. The summed E-state index contributed by atoms with van der Waals surface area (Å²) in [5.41, 5.74) is 3.17. The van der Waals surface area contributed by atoms with Crippen LogP contribution in [0.4, 0.5) is 18.9 Å². The number of nitrogens with one attached hydrogen (secondary N) is 1. The van der Waals surface area contributed by atoms with Gasteiger partial charge in [0, 0.05) is 30.5 Å². The van der Waals surface area contributed by atoms with E-state index in [2.05, 4.69) is 20.1 Å². The van der Waals surface area contributed by atoms with E-state index in [0.29, 0.717) is 12.2 Å². The summed E-state index contributed by atoms with van der Waals surface area (Å²) < 4.78 is 40.7. The second-order valence-electron chi connectivity index (χ2n) is 7.16. The van der Waals surface area contributed by atoms with Crippen molar-refractivity contribution < 1.29 is 22.7 Å². The molecule has 1 amide bonds. The van der Waals surface area contributed by atoms with Crippen LogP contribution in [0.2, 0.25) is 0 Å². The highest BCUT2D eigenvalue weighted by atomic mass is 19.4. The number of carbonyl (C=O) groups excluding carboxylic acids is 1. The minimum atomic E-state index is -4.76. The maximum Gasteiger partial charge on any atom is 0.573 e. The van der Waals surface area contributed by atoms with E-state index < -0.39 is 6.36 Å². The minimum absolute atomic E-state index is 0.00605. The molecule has 9 heteroatoms. The zero-order valence-corrected chi connectivity index (χ0v) is 16.8. The third-order valence-corrected chi connectivity index (χ3v) is 4.83. The Bertz CT molecular complexity index is 1090. The van der Waals surface area contributed by atoms with Crippen molar-refractivity contribution >= 4 is 17.3 Å². The normalized spacial score (nSPS) is 15.9. The predicted octanol–water partition coefficient (Wildman–Crippen LogP) is 4.42. The van der Waals surface area contributed by atoms with Crippen LogP contribution in [0.3, 0.4) is 0 Å². The number of alkyl halides is 3. The number of aromatic nitrogens is 1. The summed E-state index contributed by atoms with van der Waals surface area (Å²) >= 11 is 0. The van der Waals surface area contributed by atoms with Gasteiger partial charge in [0.25, 0.3) is 0 Å². The van der Waals surface area contributed by atoms with Crippen LogP contribution in [0.25, 0.3) is 0 Å². The molecular weight excluding hydrogens is 421 g/mol. The third kappa shape index (κ3) is 5.42. The van der Waals surface area contributed by atoms with Gasteiger partial charge < -0.3 is 10.1 Å². The Morgan fingerprint density at radius 2 is 1.81 bits per heavy atom. The number of anilines is 1. The molecule has 1 aromatic heterocycles. The summed E-state index contributed by atoms with van der Waals surface area (Å²) in [5.74, 6) is -0.735. The van der Waals surface area contributed by atoms with E-state index in [1.165, 1.54) is 12.1 Å². The molecule has 32 heavy (non-hydrogen) atoms. The number of hydrogen-bond acceptors (Lipinski definition) is 5. The van der Waals surface area contributed by atoms with Crippen molar-refractivity contribution in [3.63, 3.8) is 0 Å². The quantitative estimate of drug-likeness (QED) is 0.616. The molecule has 0 radical (unpaired) electrons. The molecule has 3 aromatic rings. The number of rotatable bonds is 6. The number of amides is 1. The first kappa shape index (κ1) is 21.4. The number of nitrogens with zero attached hydrogens (tertiary/aromatic N) is 3. The fourth-order valence-electron chi connectivity index (χ4n) is 3.48. The lowest BCUT2D eigenvalue weighted by Gasteiger charge is -2.16. The Morgan fingerprint density at radius 1 is 1.06 bits per heavy atom. The minimum Gasteiger partial charge on any atom is -0.406 e. The fourth-order valence-corrected chi connectivity index (χ4v) is 3.48. The van der Waals surface area contributed by atoms with Gasteiger partial charge in [0.1, 0.15) is 12.3 Å². The molecule has 0 saturated heterocycles. The number of ether oxygens (including phenoxy) is 1. The molecule has 2 heterocycles. The van der Waals surface area contributed by atoms with E-state index in [9.17, 15) is 18.0 Å². The summed E-state index contributed by atoms with van der Waals surface area (Å²) in [6.45, 7) is 0.496. The monoisotopic (exact) mass is 440 g/mol. The van der Waals surface area contributed by atoms with E-state index in [4.69, 9.17) is 0 Å². The van der Waals surface area contributed by atoms with Crippen molar-refractivity contribution in [3.05, 3.63) is 90.3 Å². The van der Waals surface area contributed by atoms with Crippen LogP contribution in [-0.2, 0) is 4.79 Å². The van der Waals surface area contributed by atoms with Crippen LogP contribution >= 0.6 is 0 Å². The molecular formula is C23H19F3N4O2. The first-order valence-electron chi connectivity index (χ1n) is 9.82.